The van der Waals surface area contributed by atoms with E-state index in [0.717, 1.165) is 0 Å². The monoisotopic (exact) mass is 343 g/mol. The highest BCUT2D eigenvalue weighted by atomic mass is 79.9. The zero-order valence-electron chi connectivity index (χ0n) is 10.3. The van der Waals surface area contributed by atoms with Gasteiger partial charge < -0.3 is 10.1 Å². The van der Waals surface area contributed by atoms with Gasteiger partial charge in [0.05, 0.1) is 4.47 Å². The molecule has 0 saturated carbocycles. The number of thioether (sulfide) groups is 1. The second kappa shape index (κ2) is 6.21. The molecule has 0 radical (unpaired) electrons. The molecule has 0 amide bonds. The van der Waals surface area contributed by atoms with E-state index in [1.165, 1.54) is 23.9 Å². The highest BCUT2D eigenvalue weighted by Gasteiger charge is 2.08. The van der Waals surface area contributed by atoms with Crippen LogP contribution in [0.15, 0.2) is 33.9 Å². The van der Waals surface area contributed by atoms with Crippen molar-refractivity contribution in [3.05, 3.63) is 34.6 Å². The number of ether oxygens (including phenoxy) is 1. The number of anilines is 1. The molecular formula is C12H11BrFN3OS. The Bertz CT molecular complexity index is 575. The molecule has 0 unspecified atom stereocenters. The molecule has 1 aromatic carbocycles. The highest BCUT2D eigenvalue weighted by Crippen LogP contribution is 2.30. The Morgan fingerprint density at radius 3 is 2.74 bits per heavy atom. The van der Waals surface area contributed by atoms with Gasteiger partial charge in [-0.15, -0.1) is 0 Å². The number of nitrogens with zero attached hydrogens (tertiary/aromatic N) is 2. The fourth-order valence-electron chi connectivity index (χ4n) is 1.35. The van der Waals surface area contributed by atoms with Crippen molar-refractivity contribution in [1.82, 2.24) is 9.97 Å². The summed E-state index contributed by atoms with van der Waals surface area (Å²) >= 11 is 4.66. The van der Waals surface area contributed by atoms with Crippen LogP contribution in [0.5, 0.6) is 11.6 Å². The summed E-state index contributed by atoms with van der Waals surface area (Å²) in [5.41, 5.74) is 0. The van der Waals surface area contributed by atoms with Gasteiger partial charge in [0.25, 0.3) is 0 Å². The Balaban J connectivity index is 2.31. The van der Waals surface area contributed by atoms with E-state index >= 15 is 0 Å². The van der Waals surface area contributed by atoms with Crippen LogP contribution in [0.4, 0.5) is 10.2 Å². The van der Waals surface area contributed by atoms with E-state index in [9.17, 15) is 4.39 Å². The van der Waals surface area contributed by atoms with Crippen LogP contribution in [0.3, 0.4) is 0 Å². The minimum atomic E-state index is -0.331. The van der Waals surface area contributed by atoms with Crippen LogP contribution in [-0.2, 0) is 0 Å². The van der Waals surface area contributed by atoms with Gasteiger partial charge in [-0.2, -0.15) is 4.98 Å². The van der Waals surface area contributed by atoms with E-state index in [-0.39, 0.29) is 5.82 Å². The first-order valence-electron chi connectivity index (χ1n) is 5.36. The Labute approximate surface area is 122 Å². The molecular weight excluding hydrogens is 333 g/mol. The van der Waals surface area contributed by atoms with Crippen molar-refractivity contribution in [3.63, 3.8) is 0 Å². The molecule has 4 nitrogen and oxygen atoms in total. The Morgan fingerprint density at radius 1 is 1.32 bits per heavy atom. The Hall–Kier alpha value is -1.34. The largest absolute Gasteiger partial charge is 0.438 e. The van der Waals surface area contributed by atoms with Crippen molar-refractivity contribution in [2.75, 3.05) is 18.6 Å². The van der Waals surface area contributed by atoms with E-state index < -0.39 is 0 Å². The number of hydrogen-bond donors (Lipinski definition) is 1. The van der Waals surface area contributed by atoms with Gasteiger partial charge in [0.2, 0.25) is 5.88 Å². The molecule has 0 aliphatic heterocycles. The van der Waals surface area contributed by atoms with Crippen LogP contribution >= 0.6 is 27.7 Å². The molecule has 1 aromatic heterocycles. The van der Waals surface area contributed by atoms with Crippen LogP contribution in [0.2, 0.25) is 0 Å². The summed E-state index contributed by atoms with van der Waals surface area (Å²) in [6, 6.07) is 5.88. The van der Waals surface area contributed by atoms with E-state index in [0.29, 0.717) is 27.1 Å². The minimum absolute atomic E-state index is 0.331. The summed E-state index contributed by atoms with van der Waals surface area (Å²) in [5.74, 6) is 1.22. The maximum atomic E-state index is 13.0. The maximum absolute atomic E-state index is 13.0. The van der Waals surface area contributed by atoms with E-state index in [4.69, 9.17) is 4.74 Å². The zero-order chi connectivity index (χ0) is 13.8. The second-order valence-corrected chi connectivity index (χ2v) is 5.13. The van der Waals surface area contributed by atoms with E-state index in [1.54, 1.807) is 19.2 Å². The molecule has 7 heteroatoms. The van der Waals surface area contributed by atoms with Gasteiger partial charge in [0, 0.05) is 13.1 Å². The number of nitrogens with one attached hydrogen (secondary N) is 1. The van der Waals surface area contributed by atoms with Gasteiger partial charge >= 0.3 is 0 Å². The van der Waals surface area contributed by atoms with Gasteiger partial charge in [0.1, 0.15) is 17.4 Å². The molecule has 0 spiro atoms. The van der Waals surface area contributed by atoms with Crippen LogP contribution in [0.1, 0.15) is 0 Å². The average Bonchev–Trinajstić information content (AvgIpc) is 2.41. The van der Waals surface area contributed by atoms with Gasteiger partial charge in [-0.25, -0.2) is 9.37 Å². The van der Waals surface area contributed by atoms with Crippen LogP contribution in [0.25, 0.3) is 0 Å². The molecule has 1 N–H and O–H groups in total. The van der Waals surface area contributed by atoms with Crippen LogP contribution < -0.4 is 10.1 Å². The third-order valence-electron chi connectivity index (χ3n) is 2.23. The smallest absolute Gasteiger partial charge is 0.225 e. The zero-order valence-corrected chi connectivity index (χ0v) is 12.7. The van der Waals surface area contributed by atoms with Crippen molar-refractivity contribution in [2.24, 2.45) is 0 Å². The molecule has 2 aromatic rings. The summed E-state index contributed by atoms with van der Waals surface area (Å²) in [4.78, 5) is 8.47. The van der Waals surface area contributed by atoms with Gasteiger partial charge in [-0.1, -0.05) is 11.8 Å². The Kier molecular flexibility index (Phi) is 4.60. The lowest BCUT2D eigenvalue weighted by Crippen LogP contribution is -1.98. The minimum Gasteiger partial charge on any atom is -0.438 e. The highest BCUT2D eigenvalue weighted by molar-refractivity contribution is 9.10. The average molecular weight is 344 g/mol. The molecule has 0 aliphatic rings. The Morgan fingerprint density at radius 2 is 2.11 bits per heavy atom. The first-order valence-corrected chi connectivity index (χ1v) is 7.38. The van der Waals surface area contributed by atoms with Gasteiger partial charge in [-0.3, -0.25) is 0 Å². The molecule has 0 atom stereocenters. The van der Waals surface area contributed by atoms with Crippen molar-refractivity contribution in [2.45, 2.75) is 5.16 Å². The summed E-state index contributed by atoms with van der Waals surface area (Å²) in [6.45, 7) is 0. The summed E-state index contributed by atoms with van der Waals surface area (Å²) in [5, 5.41) is 3.53. The van der Waals surface area contributed by atoms with Gasteiger partial charge in [-0.05, 0) is 40.4 Å². The standard InChI is InChI=1S/C12H11BrFN3OS/c1-15-10-6-11(17-12(16-10)19-2)18-9-4-3-7(14)5-8(9)13/h3-6H,1-2H3,(H,15,16,17). The van der Waals surface area contributed by atoms with Crippen molar-refractivity contribution in [1.29, 1.82) is 0 Å². The van der Waals surface area contributed by atoms with Crippen molar-refractivity contribution < 1.29 is 9.13 Å². The molecule has 2 rings (SSSR count). The van der Waals surface area contributed by atoms with E-state index in [1.807, 2.05) is 6.26 Å². The van der Waals surface area contributed by atoms with Crippen molar-refractivity contribution in [3.8, 4) is 11.6 Å². The molecule has 0 fully saturated rings. The third kappa shape index (κ3) is 3.57. The SMILES string of the molecule is CNc1cc(Oc2ccc(F)cc2Br)nc(SC)n1. The normalized spacial score (nSPS) is 10.3. The summed E-state index contributed by atoms with van der Waals surface area (Å²) < 4.78 is 19.2. The molecule has 0 bridgehead atoms. The maximum Gasteiger partial charge on any atom is 0.225 e. The molecule has 0 aliphatic carbocycles. The van der Waals surface area contributed by atoms with E-state index in [2.05, 4.69) is 31.2 Å². The topological polar surface area (TPSA) is 47.0 Å². The second-order valence-electron chi connectivity index (χ2n) is 3.50. The fraction of sp³-hybridized carbons (Fsp3) is 0.167. The number of aromatic nitrogens is 2. The predicted octanol–water partition coefficient (Wildman–Crippen LogP) is 3.93. The molecule has 1 heterocycles. The van der Waals surface area contributed by atoms with Crippen LogP contribution in [-0.4, -0.2) is 23.3 Å². The van der Waals surface area contributed by atoms with Crippen molar-refractivity contribution >= 4 is 33.5 Å². The molecule has 100 valence electrons. The van der Waals surface area contributed by atoms with Gasteiger partial charge in [0.15, 0.2) is 5.16 Å². The molecule has 19 heavy (non-hydrogen) atoms. The quantitative estimate of drug-likeness (QED) is 0.673. The summed E-state index contributed by atoms with van der Waals surface area (Å²) in [6.07, 6.45) is 1.88. The summed E-state index contributed by atoms with van der Waals surface area (Å²) in [7, 11) is 1.77. The van der Waals surface area contributed by atoms with Crippen LogP contribution in [0, 0.1) is 5.82 Å². The number of rotatable bonds is 4. The first kappa shape index (κ1) is 14.1. The lowest BCUT2D eigenvalue weighted by Gasteiger charge is -2.09. The third-order valence-corrected chi connectivity index (χ3v) is 3.40. The number of halogens is 2. The fourth-order valence-corrected chi connectivity index (χ4v) is 2.15. The number of benzene rings is 1. The molecule has 0 saturated heterocycles. The first-order chi connectivity index (χ1) is 9.12. The lowest BCUT2D eigenvalue weighted by atomic mass is 10.3. The number of hydrogen-bond acceptors (Lipinski definition) is 5. The lowest BCUT2D eigenvalue weighted by molar-refractivity contribution is 0.451. The predicted molar refractivity (Wildman–Crippen MR) is 77.5 cm³/mol.